The SMILES string of the molecule is CC(Nc1ccc2c(c1)NC(=O)CS2)c1ccccc1. The van der Waals surface area contributed by atoms with Crippen molar-refractivity contribution in [1.82, 2.24) is 0 Å². The van der Waals surface area contributed by atoms with Crippen LogP contribution in [0.2, 0.25) is 0 Å². The Bertz CT molecular complexity index is 628. The van der Waals surface area contributed by atoms with Gasteiger partial charge in [-0.1, -0.05) is 30.3 Å². The average Bonchev–Trinajstić information content (AvgIpc) is 2.47. The Morgan fingerprint density at radius 1 is 1.20 bits per heavy atom. The quantitative estimate of drug-likeness (QED) is 0.898. The molecule has 0 aliphatic carbocycles. The molecule has 1 aliphatic rings. The van der Waals surface area contributed by atoms with E-state index in [0.717, 1.165) is 16.3 Å². The highest BCUT2D eigenvalue weighted by Gasteiger charge is 2.15. The molecule has 0 saturated heterocycles. The van der Waals surface area contributed by atoms with Crippen LogP contribution in [0.4, 0.5) is 11.4 Å². The number of benzene rings is 2. The smallest absolute Gasteiger partial charge is 0.234 e. The zero-order valence-electron chi connectivity index (χ0n) is 11.2. The predicted octanol–water partition coefficient (Wildman–Crippen LogP) is 3.90. The number of rotatable bonds is 3. The third-order valence-corrected chi connectivity index (χ3v) is 4.37. The topological polar surface area (TPSA) is 41.1 Å². The lowest BCUT2D eigenvalue weighted by Crippen LogP contribution is -2.18. The second-order valence-electron chi connectivity index (χ2n) is 4.82. The van der Waals surface area contributed by atoms with Crippen LogP contribution in [0.25, 0.3) is 0 Å². The zero-order valence-corrected chi connectivity index (χ0v) is 12.0. The molecule has 2 aromatic rings. The summed E-state index contributed by atoms with van der Waals surface area (Å²) in [6, 6.07) is 16.6. The fourth-order valence-electron chi connectivity index (χ4n) is 2.25. The van der Waals surface area contributed by atoms with Crippen LogP contribution in [0.1, 0.15) is 18.5 Å². The molecule has 0 bridgehead atoms. The largest absolute Gasteiger partial charge is 0.378 e. The van der Waals surface area contributed by atoms with E-state index in [1.165, 1.54) is 5.56 Å². The van der Waals surface area contributed by atoms with Crippen LogP contribution in [0.15, 0.2) is 53.4 Å². The Balaban J connectivity index is 1.78. The van der Waals surface area contributed by atoms with Crippen molar-refractivity contribution in [2.24, 2.45) is 0 Å². The van der Waals surface area contributed by atoms with Crippen molar-refractivity contribution in [1.29, 1.82) is 0 Å². The number of carbonyl (C=O) groups excluding carboxylic acids is 1. The molecule has 102 valence electrons. The van der Waals surface area contributed by atoms with Gasteiger partial charge in [-0.25, -0.2) is 0 Å². The van der Waals surface area contributed by atoms with E-state index in [0.29, 0.717) is 5.75 Å². The number of carbonyl (C=O) groups is 1. The minimum atomic E-state index is 0.0655. The highest BCUT2D eigenvalue weighted by atomic mass is 32.2. The van der Waals surface area contributed by atoms with Gasteiger partial charge < -0.3 is 10.6 Å². The number of thioether (sulfide) groups is 1. The Morgan fingerprint density at radius 2 is 2.00 bits per heavy atom. The number of hydrogen-bond acceptors (Lipinski definition) is 3. The normalized spacial score (nSPS) is 15.2. The number of anilines is 2. The molecule has 20 heavy (non-hydrogen) atoms. The van der Waals surface area contributed by atoms with Crippen LogP contribution in [0.3, 0.4) is 0 Å². The molecule has 1 heterocycles. The number of amides is 1. The molecule has 4 heteroatoms. The molecule has 1 aliphatic heterocycles. The molecule has 2 aromatic carbocycles. The molecule has 0 aromatic heterocycles. The van der Waals surface area contributed by atoms with E-state index in [1.807, 2.05) is 24.3 Å². The van der Waals surface area contributed by atoms with E-state index in [2.05, 4.69) is 41.8 Å². The maximum absolute atomic E-state index is 11.4. The summed E-state index contributed by atoms with van der Waals surface area (Å²) in [4.78, 5) is 12.6. The molecular formula is C16H16N2OS. The molecule has 1 unspecified atom stereocenters. The highest BCUT2D eigenvalue weighted by Crippen LogP contribution is 2.34. The maximum Gasteiger partial charge on any atom is 0.234 e. The van der Waals surface area contributed by atoms with Gasteiger partial charge in [-0.2, -0.15) is 0 Å². The van der Waals surface area contributed by atoms with E-state index in [1.54, 1.807) is 11.8 Å². The summed E-state index contributed by atoms with van der Waals surface area (Å²) < 4.78 is 0. The van der Waals surface area contributed by atoms with Crippen LogP contribution in [-0.2, 0) is 4.79 Å². The molecule has 3 rings (SSSR count). The van der Waals surface area contributed by atoms with Crippen molar-refractivity contribution in [3.63, 3.8) is 0 Å². The highest BCUT2D eigenvalue weighted by molar-refractivity contribution is 8.00. The Morgan fingerprint density at radius 3 is 2.80 bits per heavy atom. The summed E-state index contributed by atoms with van der Waals surface area (Å²) in [7, 11) is 0. The van der Waals surface area contributed by atoms with Crippen LogP contribution in [0.5, 0.6) is 0 Å². The van der Waals surface area contributed by atoms with Crippen molar-refractivity contribution in [3.8, 4) is 0 Å². The Kier molecular flexibility index (Phi) is 3.65. The van der Waals surface area contributed by atoms with Gasteiger partial charge in [0.15, 0.2) is 0 Å². The molecule has 3 nitrogen and oxygen atoms in total. The van der Waals surface area contributed by atoms with E-state index in [9.17, 15) is 4.79 Å². The fraction of sp³-hybridized carbons (Fsp3) is 0.188. The van der Waals surface area contributed by atoms with Gasteiger partial charge in [-0.15, -0.1) is 11.8 Å². The van der Waals surface area contributed by atoms with Gasteiger partial charge >= 0.3 is 0 Å². The van der Waals surface area contributed by atoms with Crippen LogP contribution < -0.4 is 10.6 Å². The molecule has 1 amide bonds. The third kappa shape index (κ3) is 2.80. The van der Waals surface area contributed by atoms with E-state index in [-0.39, 0.29) is 11.9 Å². The van der Waals surface area contributed by atoms with Crippen molar-refractivity contribution >= 4 is 29.0 Å². The third-order valence-electron chi connectivity index (χ3n) is 3.30. The molecule has 0 radical (unpaired) electrons. The van der Waals surface area contributed by atoms with Crippen molar-refractivity contribution in [2.45, 2.75) is 17.9 Å². The predicted molar refractivity (Wildman–Crippen MR) is 84.3 cm³/mol. The average molecular weight is 284 g/mol. The van der Waals surface area contributed by atoms with Gasteiger partial charge in [0.25, 0.3) is 0 Å². The first-order chi connectivity index (χ1) is 9.72. The van der Waals surface area contributed by atoms with Gasteiger partial charge in [0.2, 0.25) is 5.91 Å². The summed E-state index contributed by atoms with van der Waals surface area (Å²) in [5.74, 6) is 0.566. The van der Waals surface area contributed by atoms with Gasteiger partial charge in [-0.05, 0) is 30.7 Å². The first-order valence-electron chi connectivity index (χ1n) is 6.60. The van der Waals surface area contributed by atoms with Gasteiger partial charge in [0.05, 0.1) is 11.4 Å². The lowest BCUT2D eigenvalue weighted by atomic mass is 10.1. The summed E-state index contributed by atoms with van der Waals surface area (Å²) >= 11 is 1.58. The van der Waals surface area contributed by atoms with Crippen LogP contribution in [-0.4, -0.2) is 11.7 Å². The summed E-state index contributed by atoms with van der Waals surface area (Å²) in [6.45, 7) is 2.13. The monoisotopic (exact) mass is 284 g/mol. The number of hydrogen-bond donors (Lipinski definition) is 2. The van der Waals surface area contributed by atoms with E-state index < -0.39 is 0 Å². The zero-order chi connectivity index (χ0) is 13.9. The summed E-state index contributed by atoms with van der Waals surface area (Å²) in [5.41, 5.74) is 3.16. The van der Waals surface area contributed by atoms with Crippen molar-refractivity contribution < 1.29 is 4.79 Å². The van der Waals surface area contributed by atoms with Crippen molar-refractivity contribution in [3.05, 3.63) is 54.1 Å². The molecule has 2 N–H and O–H groups in total. The Hall–Kier alpha value is -1.94. The number of fused-ring (bicyclic) bond motifs is 1. The van der Waals surface area contributed by atoms with Gasteiger partial charge in [-0.3, -0.25) is 4.79 Å². The first-order valence-corrected chi connectivity index (χ1v) is 7.59. The molecule has 0 fully saturated rings. The minimum absolute atomic E-state index is 0.0655. The second kappa shape index (κ2) is 5.59. The van der Waals surface area contributed by atoms with Gasteiger partial charge in [0, 0.05) is 16.6 Å². The minimum Gasteiger partial charge on any atom is -0.378 e. The van der Waals surface area contributed by atoms with E-state index in [4.69, 9.17) is 0 Å². The molecule has 0 spiro atoms. The summed E-state index contributed by atoms with van der Waals surface area (Å²) in [5, 5.41) is 6.38. The Labute approximate surface area is 122 Å². The van der Waals surface area contributed by atoms with Crippen LogP contribution in [0, 0.1) is 0 Å². The second-order valence-corrected chi connectivity index (χ2v) is 5.84. The summed E-state index contributed by atoms with van der Waals surface area (Å²) in [6.07, 6.45) is 0. The molecule has 1 atom stereocenters. The standard InChI is InChI=1S/C16H16N2OS/c1-11(12-5-3-2-4-6-12)17-13-7-8-15-14(9-13)18-16(19)10-20-15/h2-9,11,17H,10H2,1H3,(H,18,19). The lowest BCUT2D eigenvalue weighted by Gasteiger charge is -2.20. The fourth-order valence-corrected chi connectivity index (χ4v) is 3.04. The van der Waals surface area contributed by atoms with E-state index >= 15 is 0 Å². The van der Waals surface area contributed by atoms with Crippen LogP contribution >= 0.6 is 11.8 Å². The number of nitrogens with one attached hydrogen (secondary N) is 2. The lowest BCUT2D eigenvalue weighted by molar-refractivity contribution is -0.113. The molecule has 0 saturated carbocycles. The maximum atomic E-state index is 11.4. The van der Waals surface area contributed by atoms with Crippen molar-refractivity contribution in [2.75, 3.05) is 16.4 Å². The van der Waals surface area contributed by atoms with Gasteiger partial charge in [0.1, 0.15) is 0 Å². The first kappa shape index (κ1) is 13.1. The molecular weight excluding hydrogens is 268 g/mol.